The molecular weight excluding hydrogens is 183 g/mol. The second-order valence-corrected chi connectivity index (χ2v) is 0.671. The van der Waals surface area contributed by atoms with Gasteiger partial charge in [0.1, 0.15) is 0 Å². The van der Waals surface area contributed by atoms with Crippen molar-refractivity contribution in [3.05, 3.63) is 0 Å². The predicted octanol–water partition coefficient (Wildman–Crippen LogP) is -5.70. The third-order valence-corrected chi connectivity index (χ3v) is 0. The van der Waals surface area contributed by atoms with Crippen molar-refractivity contribution in [1.82, 2.24) is 0 Å². The zero-order chi connectivity index (χ0) is 3.58. The Morgan fingerprint density at radius 3 is 1.00 bits per heavy atom. The van der Waals surface area contributed by atoms with Crippen molar-refractivity contribution in [2.75, 3.05) is 0 Å². The van der Waals surface area contributed by atoms with Gasteiger partial charge in [-0.1, -0.05) is 0 Å². The first-order valence-electron chi connectivity index (χ1n) is 0.548. The Kier molecular flexibility index (Phi) is 27.8. The van der Waals surface area contributed by atoms with Crippen molar-refractivity contribution >= 4 is 8.60 Å². The van der Waals surface area contributed by atoms with Crippen molar-refractivity contribution in [2.45, 2.75) is 0 Å². The van der Waals surface area contributed by atoms with E-state index in [0.29, 0.717) is 0 Å². The number of rotatable bonds is 0. The summed E-state index contributed by atoms with van der Waals surface area (Å²) in [4.78, 5) is 25.4. The van der Waals surface area contributed by atoms with E-state index in [1.807, 2.05) is 0 Å². The van der Waals surface area contributed by atoms with E-state index in [-0.39, 0.29) is 70.9 Å². The van der Waals surface area contributed by atoms with Gasteiger partial charge >= 0.3 is 70.9 Å². The largest absolute Gasteiger partial charge is 2.00 e. The van der Waals surface area contributed by atoms with Crippen molar-refractivity contribution in [1.29, 1.82) is 0 Å². The average molecular weight is 183 g/mol. The van der Waals surface area contributed by atoms with Crippen LogP contribution in [-0.2, 0) is 19.5 Å². The second-order valence-electron chi connectivity index (χ2n) is 0.224. The summed E-state index contributed by atoms with van der Waals surface area (Å²) in [6, 6.07) is 0. The molecule has 0 saturated carbocycles. The molecule has 0 heterocycles. The fourth-order valence-electron chi connectivity index (χ4n) is 0. The number of hydrogen-bond acceptors (Lipinski definition) is 3. The van der Waals surface area contributed by atoms with Crippen LogP contribution in [0.4, 0.5) is 0 Å². The minimum Gasteiger partial charge on any atom is -0.854 e. The van der Waals surface area contributed by atoms with E-state index in [1.165, 1.54) is 0 Å². The molecule has 26 valence electrons. The van der Waals surface area contributed by atoms with Gasteiger partial charge in [-0.25, -0.2) is 0 Å². The third-order valence-electron chi connectivity index (χ3n) is 0. The van der Waals surface area contributed by atoms with Gasteiger partial charge < -0.3 is 23.3 Å². The monoisotopic (exact) mass is 182 g/mol. The van der Waals surface area contributed by atoms with Gasteiger partial charge in [0.25, 0.3) is 0 Å². The number of hydrogen-bond donors (Lipinski definition) is 0. The van der Waals surface area contributed by atoms with Crippen LogP contribution in [0.25, 0.3) is 0 Å². The van der Waals surface area contributed by atoms with Crippen LogP contribution in [0.1, 0.15) is 0 Å². The molecule has 0 aliphatic carbocycles. The fraction of sp³-hybridized carbons (Fsp3) is 0. The van der Waals surface area contributed by atoms with Gasteiger partial charge in [0.15, 0.2) is 0 Å². The summed E-state index contributed by atoms with van der Waals surface area (Å²) in [5.41, 5.74) is 0. The zero-order valence-corrected chi connectivity index (χ0v) is 10.4. The molecule has 3 nitrogen and oxygen atoms in total. The Hall–Kier alpha value is 2.57. The van der Waals surface area contributed by atoms with Gasteiger partial charge in [0, 0.05) is 0 Å². The molecular formula is KO3PZn. The molecule has 6 heavy (non-hydrogen) atoms. The van der Waals surface area contributed by atoms with Gasteiger partial charge in [-0.05, 0) is 0 Å². The van der Waals surface area contributed by atoms with E-state index in [2.05, 4.69) is 0 Å². The first kappa shape index (κ1) is 15.8. The normalized spacial score (nSPS) is 6.00. The van der Waals surface area contributed by atoms with Gasteiger partial charge in [0.05, 0.1) is 0 Å². The maximum absolute atomic E-state index is 8.48. The van der Waals surface area contributed by atoms with Gasteiger partial charge in [-0.15, -0.1) is 0 Å². The van der Waals surface area contributed by atoms with Crippen molar-refractivity contribution in [3.8, 4) is 0 Å². The molecule has 0 aromatic carbocycles. The molecule has 0 aliphatic heterocycles. The standard InChI is InChI=1S/K.O3P.Zn/c;1-4(2)3;/q+1;-3;+2. The predicted molar refractivity (Wildman–Crippen MR) is 6.92 cm³/mol. The summed E-state index contributed by atoms with van der Waals surface area (Å²) in [7, 11) is -3.37. The fourth-order valence-corrected chi connectivity index (χ4v) is 0. The van der Waals surface area contributed by atoms with E-state index in [0.717, 1.165) is 0 Å². The molecule has 0 aromatic heterocycles. The quantitative estimate of drug-likeness (QED) is 0.278. The Morgan fingerprint density at radius 2 is 1.00 bits per heavy atom. The van der Waals surface area contributed by atoms with Crippen LogP contribution >= 0.6 is 8.60 Å². The maximum atomic E-state index is 8.48. The topological polar surface area (TPSA) is 69.2 Å². The smallest absolute Gasteiger partial charge is 0.854 e. The van der Waals surface area contributed by atoms with Crippen LogP contribution in [0.15, 0.2) is 0 Å². The molecule has 0 saturated heterocycles. The molecule has 0 amide bonds. The van der Waals surface area contributed by atoms with Gasteiger partial charge in [0.2, 0.25) is 0 Å². The van der Waals surface area contributed by atoms with E-state index in [4.69, 9.17) is 14.7 Å². The molecule has 0 bridgehead atoms. The molecule has 6 heteroatoms. The summed E-state index contributed by atoms with van der Waals surface area (Å²) >= 11 is 0. The first-order valence-corrected chi connectivity index (χ1v) is 1.64. The van der Waals surface area contributed by atoms with Gasteiger partial charge in [-0.3, -0.25) is 0 Å². The van der Waals surface area contributed by atoms with Crippen LogP contribution in [0.3, 0.4) is 0 Å². The average Bonchev–Trinajstić information content (AvgIpc) is 0.811. The van der Waals surface area contributed by atoms with Crippen LogP contribution in [-0.4, -0.2) is 0 Å². The minimum absolute atomic E-state index is 0. The Bertz CT molecular complexity index is 15.5. The summed E-state index contributed by atoms with van der Waals surface area (Å²) in [5, 5.41) is 0. The van der Waals surface area contributed by atoms with Crippen molar-refractivity contribution in [3.63, 3.8) is 0 Å². The Balaban J connectivity index is -0.0000000450. The zero-order valence-electron chi connectivity index (χ0n) is 3.38. The summed E-state index contributed by atoms with van der Waals surface area (Å²) in [6.07, 6.45) is 0. The van der Waals surface area contributed by atoms with E-state index in [9.17, 15) is 0 Å². The van der Waals surface area contributed by atoms with Crippen LogP contribution < -0.4 is 66.1 Å². The van der Waals surface area contributed by atoms with Gasteiger partial charge in [-0.2, -0.15) is 0 Å². The molecule has 0 N–H and O–H groups in total. The molecule has 0 spiro atoms. The molecule has 0 rings (SSSR count). The molecule has 0 atom stereocenters. The van der Waals surface area contributed by atoms with E-state index in [1.54, 1.807) is 0 Å². The minimum atomic E-state index is -3.37. The van der Waals surface area contributed by atoms with Crippen LogP contribution in [0, 0.1) is 0 Å². The molecule has 0 aliphatic rings. The first-order chi connectivity index (χ1) is 1.73. The molecule has 0 fully saturated rings. The Morgan fingerprint density at radius 1 is 1.00 bits per heavy atom. The molecule has 0 unspecified atom stereocenters. The second kappa shape index (κ2) is 10.5. The Labute approximate surface area is 92.3 Å². The summed E-state index contributed by atoms with van der Waals surface area (Å²) < 4.78 is 0. The molecule has 0 radical (unpaired) electrons. The van der Waals surface area contributed by atoms with Crippen molar-refractivity contribution in [2.24, 2.45) is 0 Å². The third kappa shape index (κ3) is 30.9. The SMILES string of the molecule is [K+].[O-]P([O-])[O-].[Zn+2]. The van der Waals surface area contributed by atoms with Crippen LogP contribution in [0.5, 0.6) is 0 Å². The van der Waals surface area contributed by atoms with Crippen molar-refractivity contribution < 1.29 is 85.5 Å². The van der Waals surface area contributed by atoms with E-state index < -0.39 is 8.60 Å². The molecule has 0 aromatic rings. The van der Waals surface area contributed by atoms with Crippen LogP contribution in [0.2, 0.25) is 0 Å². The van der Waals surface area contributed by atoms with E-state index >= 15 is 0 Å². The summed E-state index contributed by atoms with van der Waals surface area (Å²) in [5.74, 6) is 0. The maximum Gasteiger partial charge on any atom is 2.00 e. The summed E-state index contributed by atoms with van der Waals surface area (Å²) in [6.45, 7) is 0.